The number of H-pyrrole nitrogens is 1. The van der Waals surface area contributed by atoms with Crippen LogP contribution in [0.2, 0.25) is 0 Å². The molecule has 0 atom stereocenters. The molecule has 0 radical (unpaired) electrons. The van der Waals surface area contributed by atoms with E-state index in [9.17, 15) is 12.8 Å². The Morgan fingerprint density at radius 3 is 2.80 bits per heavy atom. The van der Waals surface area contributed by atoms with Crippen molar-refractivity contribution in [3.63, 3.8) is 0 Å². The van der Waals surface area contributed by atoms with Gasteiger partial charge in [-0.1, -0.05) is 0 Å². The van der Waals surface area contributed by atoms with Crippen molar-refractivity contribution in [3.05, 3.63) is 40.6 Å². The molecule has 1 heterocycles. The number of aromatic nitrogens is 2. The standard InChI is InChI=1S/C11H12BrFN4O2S/c1-17(6-11-15-2-3-16-11)20(18,19)10-4-7(12)8(13)5-9(10)14/h2-5H,6,14H2,1H3,(H,15,16). The summed E-state index contributed by atoms with van der Waals surface area (Å²) in [5, 5.41) is 0. The van der Waals surface area contributed by atoms with Crippen LogP contribution in [0.3, 0.4) is 0 Å². The lowest BCUT2D eigenvalue weighted by Crippen LogP contribution is -2.27. The van der Waals surface area contributed by atoms with E-state index in [1.807, 2.05) is 0 Å². The molecule has 0 spiro atoms. The van der Waals surface area contributed by atoms with Crippen LogP contribution in [0.4, 0.5) is 10.1 Å². The van der Waals surface area contributed by atoms with Crippen LogP contribution in [-0.2, 0) is 16.6 Å². The van der Waals surface area contributed by atoms with Gasteiger partial charge in [-0.2, -0.15) is 4.31 Å². The van der Waals surface area contributed by atoms with Gasteiger partial charge in [-0.15, -0.1) is 0 Å². The van der Waals surface area contributed by atoms with Gasteiger partial charge in [0.25, 0.3) is 0 Å². The van der Waals surface area contributed by atoms with E-state index in [2.05, 4.69) is 25.9 Å². The zero-order chi connectivity index (χ0) is 14.9. The van der Waals surface area contributed by atoms with E-state index in [4.69, 9.17) is 5.73 Å². The molecule has 0 saturated heterocycles. The molecule has 0 aliphatic rings. The van der Waals surface area contributed by atoms with Crippen LogP contribution in [0.5, 0.6) is 0 Å². The number of nitrogen functional groups attached to an aromatic ring is 1. The highest BCUT2D eigenvalue weighted by atomic mass is 79.9. The molecular formula is C11H12BrFN4O2S. The molecule has 0 aliphatic heterocycles. The summed E-state index contributed by atoms with van der Waals surface area (Å²) >= 11 is 2.95. The molecule has 2 aromatic rings. The molecule has 0 unspecified atom stereocenters. The van der Waals surface area contributed by atoms with Crippen LogP contribution >= 0.6 is 15.9 Å². The number of nitrogens with one attached hydrogen (secondary N) is 1. The molecule has 1 aromatic heterocycles. The molecule has 108 valence electrons. The SMILES string of the molecule is CN(Cc1ncc[nH]1)S(=O)(=O)c1cc(Br)c(F)cc1N. The van der Waals surface area contributed by atoms with Gasteiger partial charge < -0.3 is 10.7 Å². The highest BCUT2D eigenvalue weighted by Gasteiger charge is 2.25. The Balaban J connectivity index is 2.37. The Morgan fingerprint density at radius 1 is 1.50 bits per heavy atom. The minimum Gasteiger partial charge on any atom is -0.398 e. The fourth-order valence-electron chi connectivity index (χ4n) is 1.62. The highest BCUT2D eigenvalue weighted by molar-refractivity contribution is 9.10. The molecule has 2 rings (SSSR count). The number of nitrogens with two attached hydrogens (primary N) is 1. The van der Waals surface area contributed by atoms with Crippen molar-refractivity contribution in [2.24, 2.45) is 0 Å². The number of nitrogens with zero attached hydrogens (tertiary/aromatic N) is 2. The van der Waals surface area contributed by atoms with Gasteiger partial charge in [0.15, 0.2) is 0 Å². The van der Waals surface area contributed by atoms with Gasteiger partial charge in [0, 0.05) is 19.4 Å². The lowest BCUT2D eigenvalue weighted by Gasteiger charge is -2.17. The van der Waals surface area contributed by atoms with Gasteiger partial charge in [-0.3, -0.25) is 0 Å². The summed E-state index contributed by atoms with van der Waals surface area (Å²) in [5.41, 5.74) is 5.46. The summed E-state index contributed by atoms with van der Waals surface area (Å²) in [7, 11) is -2.44. The van der Waals surface area contributed by atoms with Crippen molar-refractivity contribution >= 4 is 31.6 Å². The maximum atomic E-state index is 13.3. The number of hydrogen-bond acceptors (Lipinski definition) is 4. The second kappa shape index (κ2) is 5.51. The van der Waals surface area contributed by atoms with Gasteiger partial charge in [0.1, 0.15) is 16.5 Å². The highest BCUT2D eigenvalue weighted by Crippen LogP contribution is 2.28. The summed E-state index contributed by atoms with van der Waals surface area (Å²) in [6.45, 7) is 0.0593. The third-order valence-electron chi connectivity index (χ3n) is 2.67. The monoisotopic (exact) mass is 362 g/mol. The minimum atomic E-state index is -3.83. The predicted molar refractivity (Wildman–Crippen MR) is 75.8 cm³/mol. The second-order valence-electron chi connectivity index (χ2n) is 4.10. The lowest BCUT2D eigenvalue weighted by atomic mass is 10.3. The average molecular weight is 363 g/mol. The summed E-state index contributed by atoms with van der Waals surface area (Å²) in [4.78, 5) is 6.61. The first-order chi connectivity index (χ1) is 9.32. The summed E-state index contributed by atoms with van der Waals surface area (Å²) in [6, 6.07) is 2.12. The molecule has 0 aliphatic carbocycles. The normalized spacial score (nSPS) is 12.0. The van der Waals surface area contributed by atoms with Crippen molar-refractivity contribution < 1.29 is 12.8 Å². The van der Waals surface area contributed by atoms with Crippen molar-refractivity contribution in [3.8, 4) is 0 Å². The Labute approximate surface area is 124 Å². The first-order valence-corrected chi connectivity index (χ1v) is 7.75. The van der Waals surface area contributed by atoms with E-state index in [1.54, 1.807) is 6.20 Å². The second-order valence-corrected chi connectivity index (χ2v) is 6.97. The van der Waals surface area contributed by atoms with E-state index in [0.717, 1.165) is 16.4 Å². The Hall–Kier alpha value is -1.45. The molecular weight excluding hydrogens is 351 g/mol. The summed E-state index contributed by atoms with van der Waals surface area (Å²) < 4.78 is 39.2. The number of imidazole rings is 1. The van der Waals surface area contributed by atoms with E-state index < -0.39 is 15.8 Å². The Bertz CT molecular complexity index is 718. The first kappa shape index (κ1) is 14.9. The molecule has 0 amide bonds. The van der Waals surface area contributed by atoms with Crippen LogP contribution in [-0.4, -0.2) is 29.7 Å². The van der Waals surface area contributed by atoms with Crippen molar-refractivity contribution in [1.29, 1.82) is 0 Å². The largest absolute Gasteiger partial charge is 0.398 e. The number of rotatable bonds is 4. The Morgan fingerprint density at radius 2 is 2.20 bits per heavy atom. The van der Waals surface area contributed by atoms with Crippen LogP contribution in [0.25, 0.3) is 0 Å². The van der Waals surface area contributed by atoms with Gasteiger partial charge in [0.2, 0.25) is 10.0 Å². The van der Waals surface area contributed by atoms with Gasteiger partial charge >= 0.3 is 0 Å². The van der Waals surface area contributed by atoms with Crippen LogP contribution in [0, 0.1) is 5.82 Å². The van der Waals surface area contributed by atoms with Gasteiger partial charge in [-0.05, 0) is 28.1 Å². The van der Waals surface area contributed by atoms with Crippen molar-refractivity contribution in [2.45, 2.75) is 11.4 Å². The number of anilines is 1. The fourth-order valence-corrected chi connectivity index (χ4v) is 3.36. The predicted octanol–water partition coefficient (Wildman–Crippen LogP) is 1.71. The number of benzene rings is 1. The number of hydrogen-bond donors (Lipinski definition) is 2. The number of sulfonamides is 1. The molecule has 0 saturated carbocycles. The number of halogens is 2. The third-order valence-corrected chi connectivity index (χ3v) is 5.14. The summed E-state index contributed by atoms with van der Waals surface area (Å²) in [5.74, 6) is -0.119. The molecule has 1 aromatic carbocycles. The summed E-state index contributed by atoms with van der Waals surface area (Å²) in [6.07, 6.45) is 3.12. The van der Waals surface area contributed by atoms with Crippen molar-refractivity contribution in [1.82, 2.24) is 14.3 Å². The maximum Gasteiger partial charge on any atom is 0.245 e. The van der Waals surface area contributed by atoms with E-state index in [0.29, 0.717) is 5.82 Å². The zero-order valence-corrected chi connectivity index (χ0v) is 12.9. The fraction of sp³-hybridized carbons (Fsp3) is 0.182. The molecule has 20 heavy (non-hydrogen) atoms. The van der Waals surface area contributed by atoms with Gasteiger partial charge in [0.05, 0.1) is 16.7 Å². The maximum absolute atomic E-state index is 13.3. The average Bonchev–Trinajstić information content (AvgIpc) is 2.86. The lowest BCUT2D eigenvalue weighted by molar-refractivity contribution is 0.458. The zero-order valence-electron chi connectivity index (χ0n) is 10.5. The van der Waals surface area contributed by atoms with E-state index in [1.165, 1.54) is 13.2 Å². The van der Waals surface area contributed by atoms with Gasteiger partial charge in [-0.25, -0.2) is 17.8 Å². The molecule has 6 nitrogen and oxygen atoms in total. The first-order valence-electron chi connectivity index (χ1n) is 5.51. The molecule has 0 fully saturated rings. The molecule has 0 bridgehead atoms. The third kappa shape index (κ3) is 2.84. The smallest absolute Gasteiger partial charge is 0.245 e. The van der Waals surface area contributed by atoms with Crippen LogP contribution < -0.4 is 5.73 Å². The minimum absolute atomic E-state index is 0.0386. The van der Waals surface area contributed by atoms with E-state index in [-0.39, 0.29) is 21.6 Å². The Kier molecular flexibility index (Phi) is 4.11. The molecule has 3 N–H and O–H groups in total. The topological polar surface area (TPSA) is 92.1 Å². The molecule has 9 heteroatoms. The van der Waals surface area contributed by atoms with Crippen LogP contribution in [0.1, 0.15) is 5.82 Å². The van der Waals surface area contributed by atoms with Crippen molar-refractivity contribution in [2.75, 3.05) is 12.8 Å². The van der Waals surface area contributed by atoms with Crippen LogP contribution in [0.15, 0.2) is 33.9 Å². The number of aromatic amines is 1. The quantitative estimate of drug-likeness (QED) is 0.809. The van der Waals surface area contributed by atoms with E-state index >= 15 is 0 Å².